The van der Waals surface area contributed by atoms with Crippen LogP contribution in [0, 0.1) is 17.8 Å². The van der Waals surface area contributed by atoms with Gasteiger partial charge < -0.3 is 5.11 Å². The average Bonchev–Trinajstić information content (AvgIpc) is 3.18. The summed E-state index contributed by atoms with van der Waals surface area (Å²) in [5.74, 6) is 1.93. The maximum absolute atomic E-state index is 12.0. The largest absolute Gasteiger partial charge is 0.388 e. The van der Waals surface area contributed by atoms with E-state index in [1.807, 2.05) is 18.2 Å². The molecule has 1 N–H and O–H groups in total. The molecule has 0 spiro atoms. The molecule has 4 nitrogen and oxygen atoms in total. The Morgan fingerprint density at radius 1 is 1.14 bits per heavy atom. The molecule has 21 heavy (non-hydrogen) atoms. The minimum atomic E-state index is -0.389. The van der Waals surface area contributed by atoms with E-state index >= 15 is 0 Å². The second kappa shape index (κ2) is 4.47. The molecule has 2 saturated carbocycles. The third-order valence-corrected chi connectivity index (χ3v) is 5.84. The molecule has 0 saturated heterocycles. The van der Waals surface area contributed by atoms with Gasteiger partial charge in [-0.3, -0.25) is 9.13 Å². The lowest BCUT2D eigenvalue weighted by molar-refractivity contribution is 0.0746. The van der Waals surface area contributed by atoms with Crippen LogP contribution in [0.15, 0.2) is 23.0 Å². The van der Waals surface area contributed by atoms with Crippen molar-refractivity contribution in [2.24, 2.45) is 31.8 Å². The zero-order valence-electron chi connectivity index (χ0n) is 12.6. The van der Waals surface area contributed by atoms with Gasteiger partial charge in [-0.15, -0.1) is 0 Å². The van der Waals surface area contributed by atoms with Gasteiger partial charge in [-0.05, 0) is 54.7 Å². The SMILES string of the molecule is Cn1c(=O)n(C)c2cc(C(O)C3CC4CCC3C4)ccc21. The number of imidazole rings is 1. The van der Waals surface area contributed by atoms with E-state index in [0.29, 0.717) is 11.8 Å². The Hall–Kier alpha value is -1.55. The number of aromatic nitrogens is 2. The summed E-state index contributed by atoms with van der Waals surface area (Å²) in [4.78, 5) is 12.0. The molecule has 1 aromatic carbocycles. The second-order valence-corrected chi connectivity index (χ2v) is 6.93. The van der Waals surface area contributed by atoms with Gasteiger partial charge in [0.1, 0.15) is 0 Å². The lowest BCUT2D eigenvalue weighted by Crippen LogP contribution is -2.19. The summed E-state index contributed by atoms with van der Waals surface area (Å²) in [6, 6.07) is 5.94. The summed E-state index contributed by atoms with van der Waals surface area (Å²) in [7, 11) is 3.58. The van der Waals surface area contributed by atoms with E-state index in [-0.39, 0.29) is 11.8 Å². The van der Waals surface area contributed by atoms with E-state index in [4.69, 9.17) is 0 Å². The quantitative estimate of drug-likeness (QED) is 0.921. The maximum atomic E-state index is 12.0. The lowest BCUT2D eigenvalue weighted by Gasteiger charge is -2.27. The number of aliphatic hydroxyl groups excluding tert-OH is 1. The van der Waals surface area contributed by atoms with Crippen molar-refractivity contribution in [3.8, 4) is 0 Å². The number of fused-ring (bicyclic) bond motifs is 3. The average molecular weight is 286 g/mol. The van der Waals surface area contributed by atoms with Crippen molar-refractivity contribution in [2.45, 2.75) is 31.8 Å². The van der Waals surface area contributed by atoms with Gasteiger partial charge in [-0.2, -0.15) is 0 Å². The fourth-order valence-corrected chi connectivity index (χ4v) is 4.64. The summed E-state index contributed by atoms with van der Waals surface area (Å²) in [6.45, 7) is 0. The van der Waals surface area contributed by atoms with Gasteiger partial charge in [0.2, 0.25) is 0 Å². The van der Waals surface area contributed by atoms with Crippen LogP contribution < -0.4 is 5.69 Å². The van der Waals surface area contributed by atoms with E-state index in [9.17, 15) is 9.90 Å². The Labute approximate surface area is 124 Å². The number of rotatable bonds is 2. The molecule has 2 bridgehead atoms. The smallest absolute Gasteiger partial charge is 0.328 e. The van der Waals surface area contributed by atoms with Gasteiger partial charge in [0, 0.05) is 14.1 Å². The van der Waals surface area contributed by atoms with Crippen LogP contribution in [0.1, 0.15) is 37.4 Å². The molecule has 4 unspecified atom stereocenters. The number of hydrogen-bond acceptors (Lipinski definition) is 2. The van der Waals surface area contributed by atoms with Crippen molar-refractivity contribution in [1.29, 1.82) is 0 Å². The highest BCUT2D eigenvalue weighted by Crippen LogP contribution is 2.52. The van der Waals surface area contributed by atoms with Crippen molar-refractivity contribution < 1.29 is 5.11 Å². The highest BCUT2D eigenvalue weighted by molar-refractivity contribution is 5.77. The van der Waals surface area contributed by atoms with Crippen molar-refractivity contribution in [1.82, 2.24) is 9.13 Å². The summed E-state index contributed by atoms with van der Waals surface area (Å²) in [5, 5.41) is 10.8. The molecule has 0 aliphatic heterocycles. The van der Waals surface area contributed by atoms with Crippen molar-refractivity contribution in [3.63, 3.8) is 0 Å². The maximum Gasteiger partial charge on any atom is 0.328 e. The Balaban J connectivity index is 1.73. The van der Waals surface area contributed by atoms with E-state index < -0.39 is 0 Å². The highest BCUT2D eigenvalue weighted by atomic mass is 16.3. The molecule has 0 radical (unpaired) electrons. The predicted molar refractivity (Wildman–Crippen MR) is 82.1 cm³/mol. The van der Waals surface area contributed by atoms with Crippen LogP contribution in [-0.4, -0.2) is 14.2 Å². The Kier molecular flexibility index (Phi) is 2.80. The molecule has 112 valence electrons. The first-order valence-corrected chi connectivity index (χ1v) is 7.89. The van der Waals surface area contributed by atoms with Gasteiger partial charge in [0.25, 0.3) is 0 Å². The third kappa shape index (κ3) is 1.81. The van der Waals surface area contributed by atoms with Gasteiger partial charge in [-0.25, -0.2) is 4.79 Å². The number of hydrogen-bond donors (Lipinski definition) is 1. The number of aryl methyl sites for hydroxylation is 2. The van der Waals surface area contributed by atoms with E-state index in [1.54, 1.807) is 23.2 Å². The fourth-order valence-electron chi connectivity index (χ4n) is 4.64. The fraction of sp³-hybridized carbons (Fsp3) is 0.588. The summed E-state index contributed by atoms with van der Waals surface area (Å²) in [5.41, 5.74) is 2.77. The summed E-state index contributed by atoms with van der Waals surface area (Å²) >= 11 is 0. The zero-order chi connectivity index (χ0) is 14.7. The summed E-state index contributed by atoms with van der Waals surface area (Å²) in [6.07, 6.45) is 4.70. The zero-order valence-corrected chi connectivity index (χ0v) is 12.6. The Morgan fingerprint density at radius 3 is 2.57 bits per heavy atom. The Morgan fingerprint density at radius 2 is 1.90 bits per heavy atom. The molecule has 1 aromatic heterocycles. The lowest BCUT2D eigenvalue weighted by atomic mass is 9.82. The molecule has 2 aliphatic rings. The molecule has 1 heterocycles. The number of nitrogens with zero attached hydrogens (tertiary/aromatic N) is 2. The Bertz CT molecular complexity index is 758. The van der Waals surface area contributed by atoms with Crippen molar-refractivity contribution in [2.75, 3.05) is 0 Å². The first-order valence-electron chi connectivity index (χ1n) is 7.89. The van der Waals surface area contributed by atoms with Crippen molar-refractivity contribution >= 4 is 11.0 Å². The normalized spacial score (nSPS) is 29.4. The molecule has 0 amide bonds. The first-order chi connectivity index (χ1) is 10.1. The minimum absolute atomic E-state index is 0.0171. The topological polar surface area (TPSA) is 47.2 Å². The van der Waals surface area contributed by atoms with Crippen LogP contribution in [0.2, 0.25) is 0 Å². The molecule has 4 atom stereocenters. The second-order valence-electron chi connectivity index (χ2n) is 6.93. The minimum Gasteiger partial charge on any atom is -0.388 e. The van der Waals surface area contributed by atoms with Gasteiger partial charge in [0.05, 0.1) is 17.1 Å². The van der Waals surface area contributed by atoms with Crippen LogP contribution >= 0.6 is 0 Å². The molecule has 2 aliphatic carbocycles. The van der Waals surface area contributed by atoms with E-state index in [0.717, 1.165) is 28.9 Å². The predicted octanol–water partition coefficient (Wildman–Crippen LogP) is 2.35. The van der Waals surface area contributed by atoms with Crippen molar-refractivity contribution in [3.05, 3.63) is 34.2 Å². The standard InChI is InChI=1S/C17H22N2O2/c1-18-14-6-5-12(9-15(14)19(2)17(18)21)16(20)13-8-10-3-4-11(13)7-10/h5-6,9-11,13,16,20H,3-4,7-8H2,1-2H3. The first kappa shape index (κ1) is 13.1. The molecule has 2 aromatic rings. The van der Waals surface area contributed by atoms with Crippen LogP contribution in [0.25, 0.3) is 11.0 Å². The van der Waals surface area contributed by atoms with Gasteiger partial charge >= 0.3 is 5.69 Å². The van der Waals surface area contributed by atoms with Crippen LogP contribution in [-0.2, 0) is 14.1 Å². The molecule has 2 fully saturated rings. The molecule has 4 heteroatoms. The van der Waals surface area contributed by atoms with Crippen LogP contribution in [0.3, 0.4) is 0 Å². The number of benzene rings is 1. The van der Waals surface area contributed by atoms with Gasteiger partial charge in [0.15, 0.2) is 0 Å². The van der Waals surface area contributed by atoms with Gasteiger partial charge in [-0.1, -0.05) is 12.5 Å². The number of aliphatic hydroxyl groups is 1. The third-order valence-electron chi connectivity index (χ3n) is 5.84. The highest BCUT2D eigenvalue weighted by Gasteiger charge is 2.43. The van der Waals surface area contributed by atoms with Crippen LogP contribution in [0.5, 0.6) is 0 Å². The monoisotopic (exact) mass is 286 g/mol. The summed E-state index contributed by atoms with van der Waals surface area (Å²) < 4.78 is 3.31. The van der Waals surface area contributed by atoms with E-state index in [1.165, 1.54) is 19.3 Å². The molecular formula is C17H22N2O2. The van der Waals surface area contributed by atoms with E-state index in [2.05, 4.69) is 0 Å². The molecular weight excluding hydrogens is 264 g/mol. The van der Waals surface area contributed by atoms with Crippen LogP contribution in [0.4, 0.5) is 0 Å². The molecule has 4 rings (SSSR count).